The third-order valence-corrected chi connectivity index (χ3v) is 3.11. The molecule has 1 rings (SSSR count). The summed E-state index contributed by atoms with van der Waals surface area (Å²) in [6, 6.07) is 9.23. The van der Waals surface area contributed by atoms with Gasteiger partial charge < -0.3 is 10.6 Å². The molecular weight excluding hydrogens is 196 g/mol. The third-order valence-electron chi connectivity index (χ3n) is 3.11. The highest BCUT2D eigenvalue weighted by Gasteiger charge is 2.11. The standard InChI is InChI=1S/C14H24N2/c1-5-16(12(4)10-15)14-8-6-13(7-9-14)11(2)3/h6-9,11-12H,5,10,15H2,1-4H3. The lowest BCUT2D eigenvalue weighted by atomic mass is 10.0. The summed E-state index contributed by atoms with van der Waals surface area (Å²) in [4.78, 5) is 2.34. The number of rotatable bonds is 5. The maximum atomic E-state index is 5.72. The molecule has 0 aliphatic rings. The highest BCUT2D eigenvalue weighted by atomic mass is 15.2. The van der Waals surface area contributed by atoms with Gasteiger partial charge in [0, 0.05) is 24.8 Å². The topological polar surface area (TPSA) is 29.3 Å². The minimum Gasteiger partial charge on any atom is -0.368 e. The second-order valence-electron chi connectivity index (χ2n) is 4.62. The summed E-state index contributed by atoms with van der Waals surface area (Å²) in [5.74, 6) is 0.594. The molecule has 1 aromatic rings. The van der Waals surface area contributed by atoms with E-state index in [-0.39, 0.29) is 0 Å². The van der Waals surface area contributed by atoms with Crippen LogP contribution in [0.1, 0.15) is 39.2 Å². The van der Waals surface area contributed by atoms with Crippen LogP contribution in [0, 0.1) is 0 Å². The Kier molecular flexibility index (Phi) is 4.81. The first-order valence-electron chi connectivity index (χ1n) is 6.16. The lowest BCUT2D eigenvalue weighted by molar-refractivity contribution is 0.657. The van der Waals surface area contributed by atoms with E-state index >= 15 is 0 Å². The molecule has 1 atom stereocenters. The highest BCUT2D eigenvalue weighted by molar-refractivity contribution is 5.48. The monoisotopic (exact) mass is 220 g/mol. The Bertz CT molecular complexity index is 303. The van der Waals surface area contributed by atoms with Crippen molar-refractivity contribution in [3.05, 3.63) is 29.8 Å². The van der Waals surface area contributed by atoms with E-state index in [4.69, 9.17) is 5.73 Å². The number of likely N-dealkylation sites (N-methyl/N-ethyl adjacent to an activating group) is 1. The summed E-state index contributed by atoms with van der Waals surface area (Å²) >= 11 is 0. The van der Waals surface area contributed by atoms with Gasteiger partial charge in [0.2, 0.25) is 0 Å². The average Bonchev–Trinajstić information content (AvgIpc) is 2.30. The minimum atomic E-state index is 0.398. The molecule has 16 heavy (non-hydrogen) atoms. The summed E-state index contributed by atoms with van der Waals surface area (Å²) in [5, 5.41) is 0. The average molecular weight is 220 g/mol. The molecule has 2 nitrogen and oxygen atoms in total. The van der Waals surface area contributed by atoms with Gasteiger partial charge in [-0.15, -0.1) is 0 Å². The molecule has 0 amide bonds. The van der Waals surface area contributed by atoms with Gasteiger partial charge in [-0.1, -0.05) is 26.0 Å². The Balaban J connectivity index is 2.86. The largest absolute Gasteiger partial charge is 0.368 e. The maximum Gasteiger partial charge on any atom is 0.0383 e. The van der Waals surface area contributed by atoms with Crippen LogP contribution >= 0.6 is 0 Å². The quantitative estimate of drug-likeness (QED) is 0.826. The lowest BCUT2D eigenvalue weighted by Gasteiger charge is -2.29. The SMILES string of the molecule is CCN(c1ccc(C(C)C)cc1)C(C)CN. The molecule has 1 aromatic carbocycles. The molecular formula is C14H24N2. The predicted molar refractivity (Wildman–Crippen MR) is 72.1 cm³/mol. The van der Waals surface area contributed by atoms with E-state index in [0.29, 0.717) is 18.5 Å². The molecule has 0 saturated heterocycles. The van der Waals surface area contributed by atoms with Crippen LogP contribution in [-0.4, -0.2) is 19.1 Å². The van der Waals surface area contributed by atoms with Gasteiger partial charge in [-0.2, -0.15) is 0 Å². The molecule has 2 N–H and O–H groups in total. The first-order chi connectivity index (χ1) is 7.60. The van der Waals surface area contributed by atoms with Gasteiger partial charge in [0.05, 0.1) is 0 Å². The van der Waals surface area contributed by atoms with Crippen molar-refractivity contribution < 1.29 is 0 Å². The number of hydrogen-bond acceptors (Lipinski definition) is 2. The van der Waals surface area contributed by atoms with Gasteiger partial charge in [-0.25, -0.2) is 0 Å². The zero-order valence-corrected chi connectivity index (χ0v) is 10.9. The van der Waals surface area contributed by atoms with Crippen molar-refractivity contribution in [1.82, 2.24) is 0 Å². The summed E-state index contributed by atoms with van der Waals surface area (Å²) in [6.07, 6.45) is 0. The summed E-state index contributed by atoms with van der Waals surface area (Å²) < 4.78 is 0. The molecule has 0 heterocycles. The molecule has 90 valence electrons. The van der Waals surface area contributed by atoms with Crippen LogP contribution in [0.3, 0.4) is 0 Å². The molecule has 0 radical (unpaired) electrons. The van der Waals surface area contributed by atoms with Gasteiger partial charge in [0.15, 0.2) is 0 Å². The Morgan fingerprint density at radius 2 is 1.69 bits per heavy atom. The van der Waals surface area contributed by atoms with Crippen molar-refractivity contribution in [3.8, 4) is 0 Å². The zero-order valence-electron chi connectivity index (χ0n) is 10.9. The third kappa shape index (κ3) is 2.99. The van der Waals surface area contributed by atoms with E-state index in [9.17, 15) is 0 Å². The normalized spacial score (nSPS) is 12.9. The van der Waals surface area contributed by atoms with Crippen molar-refractivity contribution in [2.24, 2.45) is 5.73 Å². The Labute approximate surface area is 99.5 Å². The molecule has 0 spiro atoms. The minimum absolute atomic E-state index is 0.398. The zero-order chi connectivity index (χ0) is 12.1. The Morgan fingerprint density at radius 1 is 1.12 bits per heavy atom. The van der Waals surface area contributed by atoms with Crippen LogP contribution in [0.25, 0.3) is 0 Å². The van der Waals surface area contributed by atoms with Gasteiger partial charge in [0.25, 0.3) is 0 Å². The first kappa shape index (κ1) is 13.0. The summed E-state index contributed by atoms with van der Waals surface area (Å²) in [7, 11) is 0. The van der Waals surface area contributed by atoms with Crippen LogP contribution in [0.4, 0.5) is 5.69 Å². The van der Waals surface area contributed by atoms with E-state index in [2.05, 4.69) is 56.9 Å². The van der Waals surface area contributed by atoms with Gasteiger partial charge >= 0.3 is 0 Å². The smallest absolute Gasteiger partial charge is 0.0383 e. The van der Waals surface area contributed by atoms with Crippen LogP contribution in [0.5, 0.6) is 0 Å². The summed E-state index contributed by atoms with van der Waals surface area (Å²) in [5.41, 5.74) is 8.38. The molecule has 0 fully saturated rings. The first-order valence-corrected chi connectivity index (χ1v) is 6.16. The number of anilines is 1. The van der Waals surface area contributed by atoms with E-state index in [1.807, 2.05) is 0 Å². The van der Waals surface area contributed by atoms with Crippen molar-refractivity contribution in [3.63, 3.8) is 0 Å². The summed E-state index contributed by atoms with van der Waals surface area (Å²) in [6.45, 7) is 10.5. The molecule has 0 aliphatic carbocycles. The fourth-order valence-corrected chi connectivity index (χ4v) is 1.93. The molecule has 0 aliphatic heterocycles. The number of nitrogens with two attached hydrogens (primary N) is 1. The van der Waals surface area contributed by atoms with Gasteiger partial charge in [0.1, 0.15) is 0 Å². The van der Waals surface area contributed by atoms with E-state index < -0.39 is 0 Å². The van der Waals surface area contributed by atoms with Crippen LogP contribution in [0.2, 0.25) is 0 Å². The predicted octanol–water partition coefficient (Wildman–Crippen LogP) is 2.98. The van der Waals surface area contributed by atoms with Crippen LogP contribution < -0.4 is 10.6 Å². The number of nitrogens with zero attached hydrogens (tertiary/aromatic N) is 1. The van der Waals surface area contributed by atoms with Gasteiger partial charge in [-0.3, -0.25) is 0 Å². The molecule has 0 aromatic heterocycles. The second-order valence-corrected chi connectivity index (χ2v) is 4.62. The molecule has 1 unspecified atom stereocenters. The van der Waals surface area contributed by atoms with Crippen LogP contribution in [-0.2, 0) is 0 Å². The fraction of sp³-hybridized carbons (Fsp3) is 0.571. The highest BCUT2D eigenvalue weighted by Crippen LogP contribution is 2.21. The molecule has 2 heteroatoms. The maximum absolute atomic E-state index is 5.72. The second kappa shape index (κ2) is 5.90. The number of benzene rings is 1. The lowest BCUT2D eigenvalue weighted by Crippen LogP contribution is -2.38. The van der Waals surface area contributed by atoms with Crippen molar-refractivity contribution in [2.45, 2.75) is 39.7 Å². The Morgan fingerprint density at radius 3 is 2.06 bits per heavy atom. The molecule has 0 bridgehead atoms. The van der Waals surface area contributed by atoms with E-state index in [0.717, 1.165) is 6.54 Å². The fourth-order valence-electron chi connectivity index (χ4n) is 1.93. The van der Waals surface area contributed by atoms with Gasteiger partial charge in [-0.05, 0) is 37.5 Å². The van der Waals surface area contributed by atoms with Crippen LogP contribution in [0.15, 0.2) is 24.3 Å². The van der Waals surface area contributed by atoms with Crippen molar-refractivity contribution >= 4 is 5.69 Å². The van der Waals surface area contributed by atoms with Crippen molar-refractivity contribution in [2.75, 3.05) is 18.0 Å². The Hall–Kier alpha value is -1.02. The van der Waals surface area contributed by atoms with E-state index in [1.165, 1.54) is 11.3 Å². The molecule has 0 saturated carbocycles. The number of hydrogen-bond donors (Lipinski definition) is 1. The van der Waals surface area contributed by atoms with E-state index in [1.54, 1.807) is 0 Å². The van der Waals surface area contributed by atoms with Crippen molar-refractivity contribution in [1.29, 1.82) is 0 Å².